The van der Waals surface area contributed by atoms with Crippen molar-refractivity contribution in [1.29, 1.82) is 0 Å². The number of rotatable bonds is 10. The fourth-order valence-electron chi connectivity index (χ4n) is 3.40. The number of hydrogen-bond acceptors (Lipinski definition) is 3. The number of hydrogen-bond donors (Lipinski definition) is 2. The van der Waals surface area contributed by atoms with Crippen LogP contribution in [0.25, 0.3) is 0 Å². The van der Waals surface area contributed by atoms with Crippen LogP contribution in [0.5, 0.6) is 0 Å². The van der Waals surface area contributed by atoms with E-state index in [1.54, 1.807) is 0 Å². The fraction of sp³-hybridized carbons (Fsp3) is 1.00. The average Bonchev–Trinajstić information content (AvgIpc) is 3.26. The summed E-state index contributed by atoms with van der Waals surface area (Å²) >= 11 is 0. The van der Waals surface area contributed by atoms with Crippen molar-refractivity contribution in [3.05, 3.63) is 0 Å². The zero-order valence-electron chi connectivity index (χ0n) is 12.4. The zero-order valence-corrected chi connectivity index (χ0v) is 12.4. The van der Waals surface area contributed by atoms with Gasteiger partial charge in [-0.25, -0.2) is 0 Å². The van der Waals surface area contributed by atoms with Gasteiger partial charge >= 0.3 is 0 Å². The summed E-state index contributed by atoms with van der Waals surface area (Å²) in [5.74, 6) is 1.67. The van der Waals surface area contributed by atoms with E-state index in [0.717, 1.165) is 18.4 Å². The number of aliphatic hydroxyl groups is 1. The molecule has 19 heavy (non-hydrogen) atoms. The standard InChI is InChI=1S/C16H30N2O/c1-2-9-18(10-13-3-4-13)11-16(12-19,14-5-6-14)17-15-7-8-15/h13-15,17,19H,2-12H2,1H3. The molecule has 3 fully saturated rings. The first kappa shape index (κ1) is 13.8. The molecule has 0 spiro atoms. The third-order valence-corrected chi connectivity index (χ3v) is 4.97. The van der Waals surface area contributed by atoms with E-state index < -0.39 is 0 Å². The largest absolute Gasteiger partial charge is 0.394 e. The molecule has 0 bridgehead atoms. The first-order chi connectivity index (χ1) is 9.25. The summed E-state index contributed by atoms with van der Waals surface area (Å²) in [7, 11) is 0. The highest BCUT2D eigenvalue weighted by Crippen LogP contribution is 2.42. The maximum absolute atomic E-state index is 10.0. The van der Waals surface area contributed by atoms with Gasteiger partial charge in [-0.15, -0.1) is 0 Å². The molecule has 1 unspecified atom stereocenters. The van der Waals surface area contributed by atoms with Crippen LogP contribution in [-0.2, 0) is 0 Å². The van der Waals surface area contributed by atoms with Crippen molar-refractivity contribution in [2.75, 3.05) is 26.2 Å². The first-order valence-electron chi connectivity index (χ1n) is 8.36. The third-order valence-electron chi connectivity index (χ3n) is 4.97. The van der Waals surface area contributed by atoms with Gasteiger partial charge in [0.25, 0.3) is 0 Å². The number of nitrogens with zero attached hydrogens (tertiary/aromatic N) is 1. The molecule has 0 aromatic carbocycles. The second kappa shape index (κ2) is 5.71. The van der Waals surface area contributed by atoms with Crippen LogP contribution in [0.15, 0.2) is 0 Å². The Labute approximate surface area is 117 Å². The van der Waals surface area contributed by atoms with Gasteiger partial charge in [-0.2, -0.15) is 0 Å². The van der Waals surface area contributed by atoms with Crippen LogP contribution in [0.1, 0.15) is 51.9 Å². The lowest BCUT2D eigenvalue weighted by molar-refractivity contribution is 0.0864. The topological polar surface area (TPSA) is 35.5 Å². The van der Waals surface area contributed by atoms with Gasteiger partial charge in [0, 0.05) is 19.1 Å². The molecule has 3 saturated carbocycles. The summed E-state index contributed by atoms with van der Waals surface area (Å²) < 4.78 is 0. The lowest BCUT2D eigenvalue weighted by Crippen LogP contribution is -2.59. The number of aliphatic hydroxyl groups excluding tert-OH is 1. The van der Waals surface area contributed by atoms with Crippen LogP contribution >= 0.6 is 0 Å². The van der Waals surface area contributed by atoms with Gasteiger partial charge in [-0.3, -0.25) is 0 Å². The highest BCUT2D eigenvalue weighted by Gasteiger charge is 2.48. The Morgan fingerprint density at radius 3 is 2.37 bits per heavy atom. The van der Waals surface area contributed by atoms with Gasteiger partial charge in [0.15, 0.2) is 0 Å². The van der Waals surface area contributed by atoms with E-state index in [0.29, 0.717) is 12.6 Å². The molecule has 3 nitrogen and oxygen atoms in total. The SMILES string of the molecule is CCCN(CC1CC1)CC(CO)(NC1CC1)C1CC1. The summed E-state index contributed by atoms with van der Waals surface area (Å²) in [4.78, 5) is 2.63. The number of nitrogens with one attached hydrogen (secondary N) is 1. The summed E-state index contributed by atoms with van der Waals surface area (Å²) in [6.45, 7) is 6.10. The van der Waals surface area contributed by atoms with Gasteiger partial charge in [-0.05, 0) is 63.3 Å². The van der Waals surface area contributed by atoms with Crippen molar-refractivity contribution in [1.82, 2.24) is 10.2 Å². The Hall–Kier alpha value is -0.120. The highest BCUT2D eigenvalue weighted by atomic mass is 16.3. The van der Waals surface area contributed by atoms with Crippen molar-refractivity contribution < 1.29 is 5.11 Å². The van der Waals surface area contributed by atoms with Gasteiger partial charge in [-0.1, -0.05) is 6.92 Å². The molecular weight excluding hydrogens is 236 g/mol. The molecule has 110 valence electrons. The van der Waals surface area contributed by atoms with E-state index in [-0.39, 0.29) is 5.54 Å². The molecule has 3 heteroatoms. The van der Waals surface area contributed by atoms with E-state index in [9.17, 15) is 5.11 Å². The maximum atomic E-state index is 10.0. The van der Waals surface area contributed by atoms with Crippen LogP contribution in [0.4, 0.5) is 0 Å². The van der Waals surface area contributed by atoms with Gasteiger partial charge in [0.1, 0.15) is 0 Å². The fourth-order valence-corrected chi connectivity index (χ4v) is 3.40. The molecule has 0 aromatic rings. The Bertz CT molecular complexity index is 297. The second-order valence-corrected chi connectivity index (χ2v) is 7.19. The van der Waals surface area contributed by atoms with E-state index in [1.165, 1.54) is 58.0 Å². The molecule has 0 radical (unpaired) electrons. The molecule has 0 heterocycles. The van der Waals surface area contributed by atoms with E-state index in [2.05, 4.69) is 17.1 Å². The summed E-state index contributed by atoms with van der Waals surface area (Å²) in [5, 5.41) is 13.8. The van der Waals surface area contributed by atoms with E-state index in [4.69, 9.17) is 0 Å². The van der Waals surface area contributed by atoms with Crippen LogP contribution in [-0.4, -0.2) is 47.8 Å². The molecule has 0 amide bonds. The van der Waals surface area contributed by atoms with Crippen molar-refractivity contribution in [3.8, 4) is 0 Å². The van der Waals surface area contributed by atoms with Crippen molar-refractivity contribution in [2.24, 2.45) is 11.8 Å². The van der Waals surface area contributed by atoms with Gasteiger partial charge in [0.05, 0.1) is 12.1 Å². The Balaban J connectivity index is 1.62. The molecule has 0 saturated heterocycles. The molecule has 2 N–H and O–H groups in total. The lowest BCUT2D eigenvalue weighted by Gasteiger charge is -2.39. The Morgan fingerprint density at radius 1 is 1.16 bits per heavy atom. The predicted octanol–water partition coefficient (Wildman–Crippen LogP) is 2.00. The molecule has 3 aliphatic rings. The Kier molecular flexibility index (Phi) is 4.16. The molecule has 3 rings (SSSR count). The normalized spacial score (nSPS) is 26.7. The highest BCUT2D eigenvalue weighted by molar-refractivity contribution is 5.06. The van der Waals surface area contributed by atoms with Gasteiger partial charge in [0.2, 0.25) is 0 Å². The molecular formula is C16H30N2O. The van der Waals surface area contributed by atoms with Crippen LogP contribution in [0.3, 0.4) is 0 Å². The quantitative estimate of drug-likeness (QED) is 0.635. The summed E-state index contributed by atoms with van der Waals surface area (Å²) in [6, 6.07) is 0.692. The van der Waals surface area contributed by atoms with Crippen LogP contribution in [0, 0.1) is 11.8 Å². The minimum atomic E-state index is 0.00519. The Morgan fingerprint density at radius 2 is 1.89 bits per heavy atom. The maximum Gasteiger partial charge on any atom is 0.0628 e. The van der Waals surface area contributed by atoms with Crippen molar-refractivity contribution >= 4 is 0 Å². The third kappa shape index (κ3) is 3.71. The van der Waals surface area contributed by atoms with Gasteiger partial charge < -0.3 is 15.3 Å². The second-order valence-electron chi connectivity index (χ2n) is 7.19. The summed E-state index contributed by atoms with van der Waals surface area (Å²) in [5.41, 5.74) is 0.00519. The molecule has 1 atom stereocenters. The van der Waals surface area contributed by atoms with E-state index in [1.807, 2.05) is 0 Å². The average molecular weight is 266 g/mol. The lowest BCUT2D eigenvalue weighted by atomic mass is 9.92. The molecule has 0 aromatic heterocycles. The predicted molar refractivity (Wildman–Crippen MR) is 78.2 cm³/mol. The van der Waals surface area contributed by atoms with Crippen molar-refractivity contribution in [2.45, 2.75) is 63.5 Å². The molecule has 0 aliphatic heterocycles. The molecule has 3 aliphatic carbocycles. The monoisotopic (exact) mass is 266 g/mol. The smallest absolute Gasteiger partial charge is 0.0628 e. The van der Waals surface area contributed by atoms with Crippen molar-refractivity contribution in [3.63, 3.8) is 0 Å². The van der Waals surface area contributed by atoms with Crippen LogP contribution in [0.2, 0.25) is 0 Å². The van der Waals surface area contributed by atoms with Crippen LogP contribution < -0.4 is 5.32 Å². The minimum absolute atomic E-state index is 0.00519. The minimum Gasteiger partial charge on any atom is -0.394 e. The zero-order chi connectivity index (χ0) is 13.3. The van der Waals surface area contributed by atoms with E-state index >= 15 is 0 Å². The first-order valence-corrected chi connectivity index (χ1v) is 8.36. The summed E-state index contributed by atoms with van der Waals surface area (Å²) in [6.07, 6.45) is 9.31.